The minimum Gasteiger partial charge on any atom is -0.467 e. The van der Waals surface area contributed by atoms with Crippen molar-refractivity contribution in [3.8, 4) is 0 Å². The topological polar surface area (TPSA) is 62.5 Å². The average molecular weight is 285 g/mol. The van der Waals surface area contributed by atoms with Crippen LogP contribution in [0.1, 0.15) is 36.7 Å². The van der Waals surface area contributed by atoms with Crippen LogP contribution in [-0.2, 0) is 10.2 Å². The van der Waals surface area contributed by atoms with Crippen molar-refractivity contribution in [2.24, 2.45) is 0 Å². The van der Waals surface area contributed by atoms with Crippen molar-refractivity contribution in [1.29, 1.82) is 0 Å². The van der Waals surface area contributed by atoms with Gasteiger partial charge < -0.3 is 14.8 Å². The number of carbonyl (C=O) groups excluding carboxylic acids is 1. The van der Waals surface area contributed by atoms with Crippen molar-refractivity contribution >= 4 is 5.91 Å². The van der Waals surface area contributed by atoms with Crippen molar-refractivity contribution < 1.29 is 14.3 Å². The minimum atomic E-state index is -0.808. The predicted molar refractivity (Wildman–Crippen MR) is 78.6 cm³/mol. The second kappa shape index (κ2) is 5.74. The van der Waals surface area contributed by atoms with Crippen LogP contribution in [0.15, 0.2) is 53.1 Å². The third-order valence-electron chi connectivity index (χ3n) is 4.30. The Labute approximate surface area is 123 Å². The van der Waals surface area contributed by atoms with Gasteiger partial charge in [-0.1, -0.05) is 36.8 Å². The molecule has 0 unspecified atom stereocenters. The molecule has 3 rings (SSSR count). The molecule has 1 saturated carbocycles. The van der Waals surface area contributed by atoms with Gasteiger partial charge in [0.1, 0.15) is 11.9 Å². The van der Waals surface area contributed by atoms with Gasteiger partial charge in [0.25, 0.3) is 0 Å². The lowest BCUT2D eigenvalue weighted by Crippen LogP contribution is -2.50. The van der Waals surface area contributed by atoms with Crippen LogP contribution < -0.4 is 5.32 Å². The fourth-order valence-corrected chi connectivity index (χ4v) is 2.87. The molecule has 1 heterocycles. The summed E-state index contributed by atoms with van der Waals surface area (Å²) < 4.78 is 5.14. The van der Waals surface area contributed by atoms with Gasteiger partial charge in [-0.25, -0.2) is 0 Å². The molecule has 1 atom stereocenters. The Kier molecular flexibility index (Phi) is 3.80. The first-order valence-electron chi connectivity index (χ1n) is 7.28. The van der Waals surface area contributed by atoms with Crippen molar-refractivity contribution in [2.45, 2.75) is 30.8 Å². The second-order valence-corrected chi connectivity index (χ2v) is 5.54. The van der Waals surface area contributed by atoms with E-state index in [1.807, 2.05) is 30.3 Å². The van der Waals surface area contributed by atoms with E-state index in [0.717, 1.165) is 24.8 Å². The summed E-state index contributed by atoms with van der Waals surface area (Å²) in [7, 11) is 0. The number of benzene rings is 1. The Balaban J connectivity index is 1.67. The minimum absolute atomic E-state index is 0.00874. The lowest BCUT2D eigenvalue weighted by Gasteiger charge is -2.40. The van der Waals surface area contributed by atoms with E-state index in [1.165, 1.54) is 6.26 Å². The third-order valence-corrected chi connectivity index (χ3v) is 4.30. The first-order valence-corrected chi connectivity index (χ1v) is 7.28. The van der Waals surface area contributed by atoms with Gasteiger partial charge in [-0.15, -0.1) is 0 Å². The summed E-state index contributed by atoms with van der Waals surface area (Å²) in [6.07, 6.45) is 3.48. The number of carbonyl (C=O) groups is 1. The van der Waals surface area contributed by atoms with Gasteiger partial charge >= 0.3 is 0 Å². The Morgan fingerprint density at radius 3 is 2.57 bits per heavy atom. The summed E-state index contributed by atoms with van der Waals surface area (Å²) in [4.78, 5) is 12.6. The Morgan fingerprint density at radius 2 is 2.00 bits per heavy atom. The van der Waals surface area contributed by atoms with Gasteiger partial charge in [-0.2, -0.15) is 0 Å². The number of furan rings is 1. The van der Waals surface area contributed by atoms with Crippen molar-refractivity contribution in [1.82, 2.24) is 5.32 Å². The zero-order valence-corrected chi connectivity index (χ0v) is 11.8. The molecule has 4 nitrogen and oxygen atoms in total. The van der Waals surface area contributed by atoms with Gasteiger partial charge in [0.05, 0.1) is 18.2 Å². The van der Waals surface area contributed by atoms with E-state index in [4.69, 9.17) is 4.42 Å². The molecule has 0 bridgehead atoms. The maximum Gasteiger partial charge on any atom is 0.230 e. The standard InChI is InChI=1S/C17H19NO3/c19-14(15-8-4-11-21-15)12-18-16(20)17(9-5-10-17)13-6-2-1-3-7-13/h1-4,6-8,11,14,19H,5,9-10,12H2,(H,18,20)/t14-/m1/s1. The second-order valence-electron chi connectivity index (χ2n) is 5.54. The fourth-order valence-electron chi connectivity index (χ4n) is 2.87. The molecular weight excluding hydrogens is 266 g/mol. The molecule has 0 saturated heterocycles. The number of aliphatic hydroxyl groups excluding tert-OH is 1. The van der Waals surface area contributed by atoms with E-state index in [2.05, 4.69) is 5.32 Å². The third kappa shape index (κ3) is 2.59. The van der Waals surface area contributed by atoms with E-state index in [-0.39, 0.29) is 12.5 Å². The molecule has 2 aromatic rings. The summed E-state index contributed by atoms with van der Waals surface area (Å²) in [5, 5.41) is 12.8. The number of hydrogen-bond acceptors (Lipinski definition) is 3. The quantitative estimate of drug-likeness (QED) is 0.887. The highest BCUT2D eigenvalue weighted by Gasteiger charge is 2.45. The largest absolute Gasteiger partial charge is 0.467 e. The molecule has 0 spiro atoms. The summed E-state index contributed by atoms with van der Waals surface area (Å²) in [5.41, 5.74) is 0.630. The van der Waals surface area contributed by atoms with Crippen LogP contribution in [0, 0.1) is 0 Å². The highest BCUT2D eigenvalue weighted by molar-refractivity contribution is 5.89. The highest BCUT2D eigenvalue weighted by atomic mass is 16.4. The van der Waals surface area contributed by atoms with Gasteiger partial charge in [-0.3, -0.25) is 4.79 Å². The number of nitrogens with one attached hydrogen (secondary N) is 1. The number of aliphatic hydroxyl groups is 1. The first-order chi connectivity index (χ1) is 10.2. The van der Waals surface area contributed by atoms with Crippen molar-refractivity contribution in [2.75, 3.05) is 6.54 Å². The molecule has 1 fully saturated rings. The van der Waals surface area contributed by atoms with Crippen LogP contribution in [0.25, 0.3) is 0 Å². The summed E-state index contributed by atoms with van der Waals surface area (Å²) in [6.45, 7) is 0.168. The summed E-state index contributed by atoms with van der Waals surface area (Å²) in [5.74, 6) is 0.461. The lowest BCUT2D eigenvalue weighted by molar-refractivity contribution is -0.130. The van der Waals surface area contributed by atoms with E-state index >= 15 is 0 Å². The molecule has 110 valence electrons. The number of rotatable bonds is 5. The zero-order chi connectivity index (χ0) is 14.7. The van der Waals surface area contributed by atoms with Crippen LogP contribution in [0.5, 0.6) is 0 Å². The van der Waals surface area contributed by atoms with Gasteiger partial charge in [0.2, 0.25) is 5.91 Å². The average Bonchev–Trinajstić information content (AvgIpc) is 2.99. The normalized spacial score (nSPS) is 17.8. The molecule has 1 aliphatic rings. The molecule has 1 aromatic carbocycles. The SMILES string of the molecule is O=C(NC[C@@H](O)c1ccco1)C1(c2ccccc2)CCC1. The van der Waals surface area contributed by atoms with Gasteiger partial charge in [0, 0.05) is 0 Å². The monoisotopic (exact) mass is 285 g/mol. The highest BCUT2D eigenvalue weighted by Crippen LogP contribution is 2.43. The van der Waals surface area contributed by atoms with Crippen LogP contribution in [0.2, 0.25) is 0 Å². The van der Waals surface area contributed by atoms with Crippen molar-refractivity contribution in [3.63, 3.8) is 0 Å². The Morgan fingerprint density at radius 1 is 1.24 bits per heavy atom. The molecule has 1 aliphatic carbocycles. The summed E-state index contributed by atoms with van der Waals surface area (Å²) in [6, 6.07) is 13.3. The van der Waals surface area contributed by atoms with Crippen LogP contribution in [0.3, 0.4) is 0 Å². The van der Waals surface area contributed by atoms with Crippen LogP contribution in [-0.4, -0.2) is 17.6 Å². The Hall–Kier alpha value is -2.07. The van der Waals surface area contributed by atoms with E-state index < -0.39 is 11.5 Å². The molecule has 4 heteroatoms. The van der Waals surface area contributed by atoms with Crippen molar-refractivity contribution in [3.05, 3.63) is 60.1 Å². The maximum atomic E-state index is 12.6. The van der Waals surface area contributed by atoms with Gasteiger partial charge in [-0.05, 0) is 30.5 Å². The van der Waals surface area contributed by atoms with Gasteiger partial charge in [0.15, 0.2) is 0 Å². The molecule has 21 heavy (non-hydrogen) atoms. The lowest BCUT2D eigenvalue weighted by atomic mass is 9.64. The van der Waals surface area contributed by atoms with Crippen LogP contribution in [0.4, 0.5) is 0 Å². The molecule has 1 amide bonds. The molecular formula is C17H19NO3. The zero-order valence-electron chi connectivity index (χ0n) is 11.8. The smallest absolute Gasteiger partial charge is 0.230 e. The maximum absolute atomic E-state index is 12.6. The summed E-state index contributed by atoms with van der Waals surface area (Å²) >= 11 is 0. The molecule has 2 N–H and O–H groups in total. The van der Waals surface area contributed by atoms with Crippen LogP contribution >= 0.6 is 0 Å². The number of hydrogen-bond donors (Lipinski definition) is 2. The Bertz CT molecular complexity index is 588. The number of amides is 1. The molecule has 1 aromatic heterocycles. The van der Waals surface area contributed by atoms with E-state index in [1.54, 1.807) is 12.1 Å². The molecule has 0 radical (unpaired) electrons. The fraction of sp³-hybridized carbons (Fsp3) is 0.353. The van der Waals surface area contributed by atoms with E-state index in [0.29, 0.717) is 5.76 Å². The predicted octanol–water partition coefficient (Wildman–Crippen LogP) is 2.55. The van der Waals surface area contributed by atoms with E-state index in [9.17, 15) is 9.90 Å². The first kappa shape index (κ1) is 13.9. The molecule has 0 aliphatic heterocycles.